The van der Waals surface area contributed by atoms with Crippen LogP contribution in [0.15, 0.2) is 203 Å². The molecule has 10 rings (SSSR count). The zero-order chi connectivity index (χ0) is 35.1. The van der Waals surface area contributed by atoms with E-state index in [2.05, 4.69) is 144 Å². The van der Waals surface area contributed by atoms with Crippen molar-refractivity contribution in [2.45, 2.75) is 0 Å². The van der Waals surface area contributed by atoms with Gasteiger partial charge in [-0.05, 0) is 75.8 Å². The molecular weight excluding hydrogens is 649 g/mol. The number of aromatic nitrogens is 1. The predicted octanol–water partition coefficient (Wildman–Crippen LogP) is 13.9. The summed E-state index contributed by atoms with van der Waals surface area (Å²) < 4.78 is 13.4. The first kappa shape index (κ1) is 30.6. The van der Waals surface area contributed by atoms with Crippen LogP contribution in [0, 0.1) is 0 Å². The minimum atomic E-state index is 0.559. The lowest BCUT2D eigenvalue weighted by atomic mass is 9.93. The van der Waals surface area contributed by atoms with Gasteiger partial charge in [0.1, 0.15) is 16.7 Å². The first-order valence-corrected chi connectivity index (χ1v) is 17.8. The molecular formula is C49H32N2O2. The Labute approximate surface area is 306 Å². The summed E-state index contributed by atoms with van der Waals surface area (Å²) in [5.74, 6) is 0.559. The molecule has 8 aromatic carbocycles. The summed E-state index contributed by atoms with van der Waals surface area (Å²) in [6, 6.07) is 67.4. The van der Waals surface area contributed by atoms with Gasteiger partial charge >= 0.3 is 0 Å². The molecule has 0 saturated carbocycles. The molecule has 0 unspecified atom stereocenters. The minimum absolute atomic E-state index is 0.559. The highest BCUT2D eigenvalue weighted by Crippen LogP contribution is 2.47. The lowest BCUT2D eigenvalue weighted by molar-refractivity contribution is 0.619. The number of nitrogens with zero attached hydrogens (tertiary/aromatic N) is 2. The fourth-order valence-corrected chi connectivity index (χ4v) is 7.39. The van der Waals surface area contributed by atoms with Gasteiger partial charge in [-0.15, -0.1) is 0 Å². The van der Waals surface area contributed by atoms with E-state index in [-0.39, 0.29) is 0 Å². The van der Waals surface area contributed by atoms with Gasteiger partial charge in [0, 0.05) is 28.4 Å². The van der Waals surface area contributed by atoms with Gasteiger partial charge in [0.2, 0.25) is 5.89 Å². The van der Waals surface area contributed by atoms with Crippen LogP contribution in [0.25, 0.3) is 77.9 Å². The van der Waals surface area contributed by atoms with Crippen LogP contribution in [0.4, 0.5) is 17.1 Å². The van der Waals surface area contributed by atoms with Gasteiger partial charge in [-0.25, -0.2) is 4.98 Å². The molecule has 4 nitrogen and oxygen atoms in total. The Balaban J connectivity index is 1.26. The first-order chi connectivity index (χ1) is 26.3. The third kappa shape index (κ3) is 5.45. The smallest absolute Gasteiger partial charge is 0.227 e. The monoisotopic (exact) mass is 680 g/mol. The molecule has 53 heavy (non-hydrogen) atoms. The molecule has 0 saturated heterocycles. The summed E-state index contributed by atoms with van der Waals surface area (Å²) in [5, 5.41) is 1.94. The van der Waals surface area contributed by atoms with Crippen molar-refractivity contribution in [2.75, 3.05) is 4.90 Å². The SMILES string of the molecule is c1ccc(-c2ccc(N(c3ccc(-c4ccccc4)c(-c4ccccc4)c3)c3cc4oc5ccccc5c4c4nc(-c5ccccc5)oc34)cc2)cc1. The molecule has 250 valence electrons. The molecule has 0 aliphatic heterocycles. The van der Waals surface area contributed by atoms with Crippen LogP contribution >= 0.6 is 0 Å². The van der Waals surface area contributed by atoms with Gasteiger partial charge in [0.15, 0.2) is 5.58 Å². The number of hydrogen-bond donors (Lipinski definition) is 0. The van der Waals surface area contributed by atoms with Crippen LogP contribution < -0.4 is 4.90 Å². The van der Waals surface area contributed by atoms with Crippen molar-refractivity contribution < 1.29 is 8.83 Å². The van der Waals surface area contributed by atoms with Crippen LogP contribution in [-0.4, -0.2) is 4.98 Å². The topological polar surface area (TPSA) is 42.4 Å². The summed E-state index contributed by atoms with van der Waals surface area (Å²) in [6.45, 7) is 0. The maximum atomic E-state index is 6.84. The van der Waals surface area contributed by atoms with Gasteiger partial charge < -0.3 is 13.7 Å². The number of rotatable bonds is 7. The van der Waals surface area contributed by atoms with Gasteiger partial charge in [-0.3, -0.25) is 0 Å². The molecule has 0 atom stereocenters. The highest BCUT2D eigenvalue weighted by Gasteiger charge is 2.26. The fraction of sp³-hybridized carbons (Fsp3) is 0. The average molecular weight is 681 g/mol. The number of anilines is 3. The first-order valence-electron chi connectivity index (χ1n) is 17.8. The largest absolute Gasteiger partial charge is 0.456 e. The number of fused-ring (bicyclic) bond motifs is 5. The van der Waals surface area contributed by atoms with E-state index in [0.717, 1.165) is 83.5 Å². The zero-order valence-corrected chi connectivity index (χ0v) is 28.7. The Morgan fingerprint density at radius 2 is 0.943 bits per heavy atom. The van der Waals surface area contributed by atoms with Crippen molar-refractivity contribution in [3.8, 4) is 44.8 Å². The molecule has 0 aliphatic rings. The number of oxazole rings is 1. The molecule has 0 aliphatic carbocycles. The minimum Gasteiger partial charge on any atom is -0.456 e. The van der Waals surface area contributed by atoms with Crippen LogP contribution in [0.5, 0.6) is 0 Å². The van der Waals surface area contributed by atoms with Gasteiger partial charge in [0.05, 0.1) is 11.1 Å². The van der Waals surface area contributed by atoms with E-state index in [1.54, 1.807) is 0 Å². The summed E-state index contributed by atoms with van der Waals surface area (Å²) in [6.07, 6.45) is 0. The standard InChI is InChI=1S/C49H32N2O2/c1-5-15-33(16-6-1)34-25-27-38(28-26-34)51(39-29-30-40(35-17-7-2-8-18-35)42(31-39)36-19-9-3-10-20-36)43-32-45-46(41-23-13-14-24-44(41)52-45)47-48(43)53-49(50-47)37-21-11-4-12-22-37/h1-32H. The van der Waals surface area contributed by atoms with Gasteiger partial charge in [-0.1, -0.05) is 146 Å². The van der Waals surface area contributed by atoms with Crippen molar-refractivity contribution in [1.82, 2.24) is 4.98 Å². The van der Waals surface area contributed by atoms with Crippen molar-refractivity contribution >= 4 is 50.1 Å². The van der Waals surface area contributed by atoms with E-state index in [0.29, 0.717) is 11.5 Å². The van der Waals surface area contributed by atoms with E-state index < -0.39 is 0 Å². The summed E-state index contributed by atoms with van der Waals surface area (Å²) >= 11 is 0. The lowest BCUT2D eigenvalue weighted by Crippen LogP contribution is -2.10. The average Bonchev–Trinajstić information content (AvgIpc) is 3.85. The third-order valence-corrected chi connectivity index (χ3v) is 9.91. The summed E-state index contributed by atoms with van der Waals surface area (Å²) in [5.41, 5.74) is 13.6. The summed E-state index contributed by atoms with van der Waals surface area (Å²) in [4.78, 5) is 7.45. The van der Waals surface area contributed by atoms with Crippen molar-refractivity contribution in [2.24, 2.45) is 0 Å². The van der Waals surface area contributed by atoms with E-state index in [4.69, 9.17) is 13.8 Å². The van der Waals surface area contributed by atoms with E-state index >= 15 is 0 Å². The second kappa shape index (κ2) is 12.9. The zero-order valence-electron chi connectivity index (χ0n) is 28.7. The third-order valence-electron chi connectivity index (χ3n) is 9.91. The number of benzene rings is 8. The van der Waals surface area contributed by atoms with Crippen LogP contribution in [0.1, 0.15) is 0 Å². The second-order valence-electron chi connectivity index (χ2n) is 13.1. The number of hydrogen-bond acceptors (Lipinski definition) is 4. The van der Waals surface area contributed by atoms with Crippen LogP contribution in [-0.2, 0) is 0 Å². The Kier molecular flexibility index (Phi) is 7.43. The van der Waals surface area contributed by atoms with E-state index in [1.165, 1.54) is 0 Å². The van der Waals surface area contributed by atoms with Crippen LogP contribution in [0.2, 0.25) is 0 Å². The van der Waals surface area contributed by atoms with Crippen molar-refractivity contribution in [3.05, 3.63) is 194 Å². The van der Waals surface area contributed by atoms with Crippen molar-refractivity contribution in [1.29, 1.82) is 0 Å². The molecule has 2 heterocycles. The molecule has 4 heteroatoms. The second-order valence-corrected chi connectivity index (χ2v) is 13.1. The highest BCUT2D eigenvalue weighted by molar-refractivity contribution is 6.20. The predicted molar refractivity (Wildman–Crippen MR) is 218 cm³/mol. The molecule has 0 bridgehead atoms. The number of para-hydroxylation sites is 1. The molecule has 0 amide bonds. The molecule has 2 aromatic heterocycles. The molecule has 10 aromatic rings. The highest BCUT2D eigenvalue weighted by atomic mass is 16.4. The van der Waals surface area contributed by atoms with Crippen LogP contribution in [0.3, 0.4) is 0 Å². The Bertz CT molecular complexity index is 2860. The summed E-state index contributed by atoms with van der Waals surface area (Å²) in [7, 11) is 0. The quantitative estimate of drug-likeness (QED) is 0.168. The van der Waals surface area contributed by atoms with E-state index in [1.807, 2.05) is 54.6 Å². The Hall–Kier alpha value is -7.17. The number of furan rings is 1. The fourth-order valence-electron chi connectivity index (χ4n) is 7.39. The Morgan fingerprint density at radius 1 is 0.396 bits per heavy atom. The molecule has 0 N–H and O–H groups in total. The maximum Gasteiger partial charge on any atom is 0.227 e. The van der Waals surface area contributed by atoms with E-state index in [9.17, 15) is 0 Å². The Morgan fingerprint density at radius 3 is 1.62 bits per heavy atom. The lowest BCUT2D eigenvalue weighted by Gasteiger charge is -2.27. The molecule has 0 spiro atoms. The molecule has 0 radical (unpaired) electrons. The molecule has 0 fully saturated rings. The van der Waals surface area contributed by atoms with Gasteiger partial charge in [-0.2, -0.15) is 0 Å². The van der Waals surface area contributed by atoms with Crippen molar-refractivity contribution in [3.63, 3.8) is 0 Å². The van der Waals surface area contributed by atoms with Gasteiger partial charge in [0.25, 0.3) is 0 Å². The normalized spacial score (nSPS) is 11.4. The maximum absolute atomic E-state index is 6.84.